The quantitative estimate of drug-likeness (QED) is 0.510. The second kappa shape index (κ2) is 8.98. The van der Waals surface area contributed by atoms with Gasteiger partial charge in [0.25, 0.3) is 5.91 Å². The van der Waals surface area contributed by atoms with E-state index in [0.29, 0.717) is 12.5 Å². The summed E-state index contributed by atoms with van der Waals surface area (Å²) in [7, 11) is 1.92. The third-order valence-corrected chi connectivity index (χ3v) is 7.77. The number of likely N-dealkylation sites (tertiary alicyclic amines) is 1. The molecule has 1 atom stereocenters. The Kier molecular flexibility index (Phi) is 5.74. The van der Waals surface area contributed by atoms with Gasteiger partial charge in [-0.25, -0.2) is 0 Å². The summed E-state index contributed by atoms with van der Waals surface area (Å²) in [6, 6.07) is 16.8. The molecule has 1 unspecified atom stereocenters. The molecule has 37 heavy (non-hydrogen) atoms. The maximum Gasteiger partial charge on any atom is 0.255 e. The fourth-order valence-corrected chi connectivity index (χ4v) is 5.45. The monoisotopic (exact) mass is 495 g/mol. The predicted molar refractivity (Wildman–Crippen MR) is 144 cm³/mol. The molecule has 2 fully saturated rings. The summed E-state index contributed by atoms with van der Waals surface area (Å²) in [5.41, 5.74) is 4.64. The van der Waals surface area contributed by atoms with Crippen LogP contribution >= 0.6 is 0 Å². The van der Waals surface area contributed by atoms with Crippen LogP contribution in [0, 0.1) is 11.8 Å². The average Bonchev–Trinajstić information content (AvgIpc) is 3.42. The first-order chi connectivity index (χ1) is 17.8. The minimum atomic E-state index is -0.780. The molecular weight excluding hydrogens is 462 g/mol. The lowest BCUT2D eigenvalue weighted by Gasteiger charge is -2.24. The summed E-state index contributed by atoms with van der Waals surface area (Å²) >= 11 is 0. The number of aliphatic imine (C=N–C) groups is 1. The van der Waals surface area contributed by atoms with Crippen molar-refractivity contribution in [2.24, 2.45) is 23.9 Å². The summed E-state index contributed by atoms with van der Waals surface area (Å²) < 4.78 is 1.81. The van der Waals surface area contributed by atoms with E-state index in [1.165, 1.54) is 0 Å². The van der Waals surface area contributed by atoms with E-state index in [9.17, 15) is 9.59 Å². The molecule has 1 aliphatic carbocycles. The van der Waals surface area contributed by atoms with Crippen molar-refractivity contribution in [1.29, 1.82) is 0 Å². The van der Waals surface area contributed by atoms with Crippen molar-refractivity contribution in [3.63, 3.8) is 0 Å². The van der Waals surface area contributed by atoms with Gasteiger partial charge in [-0.05, 0) is 55.7 Å². The molecule has 6 rings (SSSR count). The number of hydrogen-bond donors (Lipinski definition) is 0. The van der Waals surface area contributed by atoms with Crippen molar-refractivity contribution in [1.82, 2.24) is 19.6 Å². The molecule has 0 radical (unpaired) electrons. The Morgan fingerprint density at radius 1 is 0.919 bits per heavy atom. The summed E-state index contributed by atoms with van der Waals surface area (Å²) in [5, 5.41) is 4.26. The van der Waals surface area contributed by atoms with Crippen molar-refractivity contribution in [3.8, 4) is 22.3 Å². The Hall–Kier alpha value is -3.74. The van der Waals surface area contributed by atoms with Crippen molar-refractivity contribution >= 4 is 17.6 Å². The summed E-state index contributed by atoms with van der Waals surface area (Å²) in [6.45, 7) is 5.90. The van der Waals surface area contributed by atoms with Crippen LogP contribution in [0.3, 0.4) is 0 Å². The lowest BCUT2D eigenvalue weighted by Crippen LogP contribution is -2.42. The Labute approximate surface area is 217 Å². The number of nitrogens with zero attached hydrogens (tertiary/aromatic N) is 5. The van der Waals surface area contributed by atoms with Gasteiger partial charge >= 0.3 is 0 Å². The third-order valence-electron chi connectivity index (χ3n) is 7.77. The lowest BCUT2D eigenvalue weighted by atomic mass is 10.0. The van der Waals surface area contributed by atoms with Crippen LogP contribution in [0.15, 0.2) is 65.9 Å². The minimum absolute atomic E-state index is 0.0320. The highest BCUT2D eigenvalue weighted by Gasteiger charge is 2.43. The smallest absolute Gasteiger partial charge is 0.255 e. The number of aromatic nitrogens is 2. The molecule has 190 valence electrons. The van der Waals surface area contributed by atoms with Gasteiger partial charge in [0.2, 0.25) is 5.91 Å². The zero-order valence-electron chi connectivity index (χ0n) is 21.7. The van der Waals surface area contributed by atoms with Crippen LogP contribution in [0.5, 0.6) is 0 Å². The Balaban J connectivity index is 1.18. The van der Waals surface area contributed by atoms with Crippen LogP contribution in [0.1, 0.15) is 38.7 Å². The van der Waals surface area contributed by atoms with Gasteiger partial charge in [0.15, 0.2) is 0 Å². The fourth-order valence-electron chi connectivity index (χ4n) is 5.45. The maximum atomic E-state index is 13.3. The lowest BCUT2D eigenvalue weighted by molar-refractivity contribution is -0.131. The van der Waals surface area contributed by atoms with Crippen LogP contribution < -0.4 is 0 Å². The van der Waals surface area contributed by atoms with Gasteiger partial charge in [0, 0.05) is 49.9 Å². The number of carbonyl (C=O) groups excluding carboxylic acids is 2. The minimum Gasteiger partial charge on any atom is -0.342 e. The fraction of sp³-hybridized carbons (Fsp3) is 0.400. The first-order valence-corrected chi connectivity index (χ1v) is 13.2. The van der Waals surface area contributed by atoms with Crippen molar-refractivity contribution in [3.05, 3.63) is 66.5 Å². The third kappa shape index (κ3) is 4.59. The zero-order valence-corrected chi connectivity index (χ0v) is 21.7. The maximum absolute atomic E-state index is 13.3. The van der Waals surface area contributed by atoms with E-state index in [-0.39, 0.29) is 17.7 Å². The molecule has 0 bridgehead atoms. The molecule has 2 aromatic carbocycles. The predicted octanol–water partition coefficient (Wildman–Crippen LogP) is 4.38. The topological polar surface area (TPSA) is 70.8 Å². The van der Waals surface area contributed by atoms with Crippen molar-refractivity contribution < 1.29 is 9.59 Å². The van der Waals surface area contributed by atoms with Gasteiger partial charge < -0.3 is 4.90 Å². The Bertz CT molecular complexity index is 1370. The molecule has 3 aromatic rings. The van der Waals surface area contributed by atoms with Crippen molar-refractivity contribution in [2.45, 2.75) is 38.6 Å². The van der Waals surface area contributed by atoms with E-state index in [4.69, 9.17) is 4.99 Å². The van der Waals surface area contributed by atoms with Gasteiger partial charge in [0.1, 0.15) is 11.4 Å². The Morgan fingerprint density at radius 2 is 1.51 bits per heavy atom. The van der Waals surface area contributed by atoms with Crippen LogP contribution in [0.2, 0.25) is 0 Å². The molecule has 7 heteroatoms. The second-order valence-corrected chi connectivity index (χ2v) is 11.2. The molecule has 0 spiro atoms. The summed E-state index contributed by atoms with van der Waals surface area (Å²) in [6.07, 6.45) is 6.87. The molecule has 2 aliphatic heterocycles. The van der Waals surface area contributed by atoms with Crippen LogP contribution in [0.4, 0.5) is 0 Å². The first-order valence-electron chi connectivity index (χ1n) is 13.2. The first kappa shape index (κ1) is 23.6. The van der Waals surface area contributed by atoms with E-state index in [1.807, 2.05) is 43.1 Å². The number of carbonyl (C=O) groups is 2. The summed E-state index contributed by atoms with van der Waals surface area (Å²) in [5.74, 6) is 1.59. The molecule has 7 nitrogen and oxygen atoms in total. The molecule has 1 saturated heterocycles. The van der Waals surface area contributed by atoms with E-state index >= 15 is 0 Å². The van der Waals surface area contributed by atoms with E-state index in [0.717, 1.165) is 66.0 Å². The van der Waals surface area contributed by atoms with Gasteiger partial charge in [-0.1, -0.05) is 48.5 Å². The number of amidine groups is 1. The SMILES string of the molecule is Cn1cc(-c2ccc(-c3ccc(C4=NC(C)(C)C(=O)N4CC4CCN(C(=O)C5CC5)C4)cc3)cc2)cn1. The highest BCUT2D eigenvalue weighted by molar-refractivity contribution is 6.15. The normalized spacial score (nSPS) is 21.0. The van der Waals surface area contributed by atoms with Crippen LogP contribution in [-0.4, -0.2) is 62.4 Å². The average molecular weight is 496 g/mol. The van der Waals surface area contributed by atoms with Gasteiger partial charge in [0.05, 0.1) is 6.20 Å². The largest absolute Gasteiger partial charge is 0.342 e. The Morgan fingerprint density at radius 3 is 2.08 bits per heavy atom. The molecule has 0 N–H and O–H groups in total. The van der Waals surface area contributed by atoms with E-state index in [2.05, 4.69) is 53.6 Å². The van der Waals surface area contributed by atoms with Crippen LogP contribution in [-0.2, 0) is 16.6 Å². The number of amides is 2. The zero-order chi connectivity index (χ0) is 25.7. The number of aryl methyl sites for hydroxylation is 1. The molecule has 3 heterocycles. The van der Waals surface area contributed by atoms with Gasteiger partial charge in [-0.3, -0.25) is 24.2 Å². The molecule has 1 saturated carbocycles. The van der Waals surface area contributed by atoms with Crippen molar-refractivity contribution in [2.75, 3.05) is 19.6 Å². The number of hydrogen-bond acceptors (Lipinski definition) is 4. The second-order valence-electron chi connectivity index (χ2n) is 11.2. The van der Waals surface area contributed by atoms with Gasteiger partial charge in [-0.2, -0.15) is 5.10 Å². The highest BCUT2D eigenvalue weighted by atomic mass is 16.2. The molecule has 3 aliphatic rings. The standard InChI is InChI=1S/C30H33N5O2/c1-30(2)29(37)35(18-20-14-15-34(17-20)28(36)25-12-13-25)27(32-30)24-10-8-22(9-11-24)21-4-6-23(7-5-21)26-16-31-33(3)19-26/h4-11,16,19-20,25H,12-15,17-18H2,1-3H3. The molecular formula is C30H33N5O2. The highest BCUT2D eigenvalue weighted by Crippen LogP contribution is 2.34. The summed E-state index contributed by atoms with van der Waals surface area (Å²) in [4.78, 5) is 34.5. The number of rotatable bonds is 6. The van der Waals surface area contributed by atoms with Crippen LogP contribution in [0.25, 0.3) is 22.3 Å². The van der Waals surface area contributed by atoms with Gasteiger partial charge in [-0.15, -0.1) is 0 Å². The van der Waals surface area contributed by atoms with E-state index in [1.54, 1.807) is 4.68 Å². The molecule has 1 aromatic heterocycles. The number of benzene rings is 2. The van der Waals surface area contributed by atoms with E-state index < -0.39 is 5.54 Å². The molecule has 2 amide bonds.